The molecule has 0 amide bonds. The highest BCUT2D eigenvalue weighted by Crippen LogP contribution is 2.26. The van der Waals surface area contributed by atoms with Gasteiger partial charge in [0.15, 0.2) is 4.08 Å². The molecule has 0 saturated carbocycles. The number of hydrogen-bond acceptors (Lipinski definition) is 5. The van der Waals surface area contributed by atoms with E-state index < -0.39 is 22.3 Å². The predicted molar refractivity (Wildman–Crippen MR) is 50.6 cm³/mol. The van der Waals surface area contributed by atoms with Crippen LogP contribution in [0.15, 0.2) is 0 Å². The topological polar surface area (TPSA) is 77.8 Å². The first-order valence-corrected chi connectivity index (χ1v) is 4.21. The van der Waals surface area contributed by atoms with E-state index in [9.17, 15) is 4.79 Å². The predicted octanol–water partition coefficient (Wildman–Crippen LogP) is -0.241. The van der Waals surface area contributed by atoms with E-state index in [4.69, 9.17) is 15.3 Å². The van der Waals surface area contributed by atoms with Crippen molar-refractivity contribution < 1.29 is 20.1 Å². The first-order valence-electron chi connectivity index (χ1n) is 3.31. The zero-order chi connectivity index (χ0) is 9.94. The highest BCUT2D eigenvalue weighted by Gasteiger charge is 2.33. The SMILES string of the molecule is CC(O)C(O)CC(S)(S)C(=O)O. The van der Waals surface area contributed by atoms with Gasteiger partial charge in [-0.15, -0.1) is 0 Å². The maximum absolute atomic E-state index is 10.4. The molecular formula is C6H12O4S2. The molecular weight excluding hydrogens is 200 g/mol. The van der Waals surface area contributed by atoms with Crippen molar-refractivity contribution in [1.29, 1.82) is 0 Å². The van der Waals surface area contributed by atoms with E-state index in [0.717, 1.165) is 0 Å². The molecule has 0 radical (unpaired) electrons. The van der Waals surface area contributed by atoms with Crippen LogP contribution in [0.2, 0.25) is 0 Å². The average Bonchev–Trinajstić information content (AvgIpc) is 1.85. The number of carbonyl (C=O) groups is 1. The summed E-state index contributed by atoms with van der Waals surface area (Å²) in [6, 6.07) is 0. The minimum absolute atomic E-state index is 0.216. The standard InChI is InChI=1S/C6H12O4S2/c1-3(7)4(8)2-6(11,12)5(9)10/h3-4,7-8,11-12H,2H2,1H3,(H,9,10). The van der Waals surface area contributed by atoms with Crippen LogP contribution in [0.1, 0.15) is 13.3 Å². The molecule has 0 spiro atoms. The molecule has 2 unspecified atom stereocenters. The number of hydrogen-bond donors (Lipinski definition) is 5. The van der Waals surface area contributed by atoms with Crippen LogP contribution in [-0.4, -0.2) is 37.6 Å². The van der Waals surface area contributed by atoms with E-state index in [1.54, 1.807) is 0 Å². The Morgan fingerprint density at radius 1 is 1.50 bits per heavy atom. The van der Waals surface area contributed by atoms with Crippen LogP contribution in [0, 0.1) is 0 Å². The molecule has 0 rings (SSSR count). The highest BCUT2D eigenvalue weighted by atomic mass is 32.2. The van der Waals surface area contributed by atoms with Gasteiger partial charge in [-0.3, -0.25) is 0 Å². The van der Waals surface area contributed by atoms with Gasteiger partial charge in [-0.05, 0) is 6.92 Å². The summed E-state index contributed by atoms with van der Waals surface area (Å²) in [5.74, 6) is -1.24. The summed E-state index contributed by atoms with van der Waals surface area (Å²) in [6.45, 7) is 1.37. The van der Waals surface area contributed by atoms with Gasteiger partial charge in [-0.25, -0.2) is 4.79 Å². The van der Waals surface area contributed by atoms with E-state index in [1.165, 1.54) is 6.92 Å². The molecule has 0 heterocycles. The summed E-state index contributed by atoms with van der Waals surface area (Å²) in [6.07, 6.45) is -2.33. The van der Waals surface area contributed by atoms with Crippen molar-refractivity contribution in [3.05, 3.63) is 0 Å². The molecule has 0 aromatic carbocycles. The molecule has 3 N–H and O–H groups in total. The Morgan fingerprint density at radius 2 is 1.92 bits per heavy atom. The molecule has 0 bridgehead atoms. The molecule has 0 aliphatic rings. The number of aliphatic hydroxyl groups excluding tert-OH is 2. The van der Waals surface area contributed by atoms with E-state index in [2.05, 4.69) is 25.3 Å². The molecule has 0 aliphatic carbocycles. The van der Waals surface area contributed by atoms with Crippen molar-refractivity contribution in [3.63, 3.8) is 0 Å². The summed E-state index contributed by atoms with van der Waals surface area (Å²) in [5, 5.41) is 26.5. The molecule has 0 fully saturated rings. The molecule has 0 aromatic heterocycles. The van der Waals surface area contributed by atoms with Crippen molar-refractivity contribution in [2.75, 3.05) is 0 Å². The molecule has 0 aliphatic heterocycles. The second kappa shape index (κ2) is 4.36. The smallest absolute Gasteiger partial charge is 0.329 e. The van der Waals surface area contributed by atoms with Crippen molar-refractivity contribution >= 4 is 31.2 Å². The number of carboxylic acid groups (broad SMARTS) is 1. The van der Waals surface area contributed by atoms with Gasteiger partial charge in [-0.1, -0.05) is 0 Å². The monoisotopic (exact) mass is 212 g/mol. The Labute approximate surface area is 81.4 Å². The Morgan fingerprint density at radius 3 is 2.17 bits per heavy atom. The fourth-order valence-corrected chi connectivity index (χ4v) is 0.924. The molecule has 0 saturated heterocycles. The number of thiol groups is 2. The first kappa shape index (κ1) is 12.1. The van der Waals surface area contributed by atoms with Crippen molar-refractivity contribution in [3.8, 4) is 0 Å². The van der Waals surface area contributed by atoms with Gasteiger partial charge in [-0.2, -0.15) is 25.3 Å². The van der Waals surface area contributed by atoms with Gasteiger partial charge in [0, 0.05) is 6.42 Å². The van der Waals surface area contributed by atoms with Gasteiger partial charge in [0.25, 0.3) is 0 Å². The van der Waals surface area contributed by atoms with Crippen LogP contribution in [0.3, 0.4) is 0 Å². The lowest BCUT2D eigenvalue weighted by Gasteiger charge is -2.22. The van der Waals surface area contributed by atoms with E-state index in [1.807, 2.05) is 0 Å². The van der Waals surface area contributed by atoms with Gasteiger partial charge < -0.3 is 15.3 Å². The molecule has 2 atom stereocenters. The Balaban J connectivity index is 4.15. The number of aliphatic hydroxyl groups is 2. The lowest BCUT2D eigenvalue weighted by Crippen LogP contribution is -2.35. The summed E-state index contributed by atoms with van der Waals surface area (Å²) in [5.41, 5.74) is 0. The van der Waals surface area contributed by atoms with Crippen LogP contribution >= 0.6 is 25.3 Å². The maximum atomic E-state index is 10.4. The number of rotatable bonds is 4. The third-order valence-corrected chi connectivity index (χ3v) is 2.14. The van der Waals surface area contributed by atoms with Crippen LogP contribution in [0.5, 0.6) is 0 Å². The molecule has 0 aromatic rings. The van der Waals surface area contributed by atoms with Gasteiger partial charge >= 0.3 is 5.97 Å². The number of carboxylic acids is 1. The maximum Gasteiger partial charge on any atom is 0.329 e. The molecule has 72 valence electrons. The van der Waals surface area contributed by atoms with E-state index >= 15 is 0 Å². The summed E-state index contributed by atoms with van der Waals surface area (Å²) < 4.78 is -1.60. The normalized spacial score (nSPS) is 17.1. The van der Waals surface area contributed by atoms with E-state index in [-0.39, 0.29) is 6.42 Å². The van der Waals surface area contributed by atoms with Gasteiger partial charge in [0.2, 0.25) is 0 Å². The Bertz CT molecular complexity index is 169. The second-order valence-electron chi connectivity index (χ2n) is 2.63. The lowest BCUT2D eigenvalue weighted by atomic mass is 10.1. The zero-order valence-corrected chi connectivity index (χ0v) is 8.29. The molecule has 6 heteroatoms. The zero-order valence-electron chi connectivity index (χ0n) is 6.51. The summed E-state index contributed by atoms with van der Waals surface area (Å²) >= 11 is 7.42. The minimum Gasteiger partial charge on any atom is -0.480 e. The third-order valence-electron chi connectivity index (χ3n) is 1.39. The van der Waals surface area contributed by atoms with Crippen molar-refractivity contribution in [1.82, 2.24) is 0 Å². The van der Waals surface area contributed by atoms with Gasteiger partial charge in [0.1, 0.15) is 0 Å². The average molecular weight is 212 g/mol. The van der Waals surface area contributed by atoms with Crippen LogP contribution in [0.25, 0.3) is 0 Å². The van der Waals surface area contributed by atoms with Crippen molar-refractivity contribution in [2.45, 2.75) is 29.6 Å². The summed E-state index contributed by atoms with van der Waals surface area (Å²) in [4.78, 5) is 10.4. The summed E-state index contributed by atoms with van der Waals surface area (Å²) in [7, 11) is 0. The third kappa shape index (κ3) is 3.66. The minimum atomic E-state index is -1.60. The fourth-order valence-electron chi connectivity index (χ4n) is 0.549. The highest BCUT2D eigenvalue weighted by molar-refractivity contribution is 8.01. The first-order chi connectivity index (χ1) is 5.27. The van der Waals surface area contributed by atoms with Crippen molar-refractivity contribution in [2.24, 2.45) is 0 Å². The fraction of sp³-hybridized carbons (Fsp3) is 0.833. The Hall–Kier alpha value is 0.0900. The van der Waals surface area contributed by atoms with Crippen LogP contribution in [-0.2, 0) is 4.79 Å². The van der Waals surface area contributed by atoms with Gasteiger partial charge in [0.05, 0.1) is 12.2 Å². The Kier molecular flexibility index (Phi) is 4.39. The van der Waals surface area contributed by atoms with Crippen LogP contribution < -0.4 is 0 Å². The van der Waals surface area contributed by atoms with Crippen LogP contribution in [0.4, 0.5) is 0 Å². The largest absolute Gasteiger partial charge is 0.480 e. The number of aliphatic carboxylic acids is 1. The molecule has 12 heavy (non-hydrogen) atoms. The quantitative estimate of drug-likeness (QED) is 0.329. The lowest BCUT2D eigenvalue weighted by molar-refractivity contribution is -0.138. The molecule has 4 nitrogen and oxygen atoms in total. The second-order valence-corrected chi connectivity index (χ2v) is 4.51. The van der Waals surface area contributed by atoms with E-state index in [0.29, 0.717) is 0 Å².